The van der Waals surface area contributed by atoms with E-state index in [1.807, 2.05) is 0 Å². The summed E-state index contributed by atoms with van der Waals surface area (Å²) < 4.78 is 0. The molecule has 0 saturated heterocycles. The van der Waals surface area contributed by atoms with E-state index >= 15 is 0 Å². The fourth-order valence-electron chi connectivity index (χ4n) is 2.87. The maximum atomic E-state index is 10.9. The van der Waals surface area contributed by atoms with E-state index in [9.17, 15) is 4.79 Å². The van der Waals surface area contributed by atoms with Gasteiger partial charge in [-0.3, -0.25) is 0 Å². The van der Waals surface area contributed by atoms with Gasteiger partial charge in [-0.25, -0.2) is 0 Å². The number of hydrogen-bond donors (Lipinski definition) is 0. The fourth-order valence-corrected chi connectivity index (χ4v) is 2.87. The van der Waals surface area contributed by atoms with Gasteiger partial charge in [0.1, 0.15) is 6.29 Å². The van der Waals surface area contributed by atoms with Crippen LogP contribution in [0, 0.1) is 29.6 Å². The van der Waals surface area contributed by atoms with Gasteiger partial charge in [-0.1, -0.05) is 26.0 Å². The second-order valence-corrected chi connectivity index (χ2v) is 4.41. The Kier molecular flexibility index (Phi) is 1.82. The lowest BCUT2D eigenvalue weighted by molar-refractivity contribution is -0.116. The Morgan fingerprint density at radius 2 is 2.08 bits per heavy atom. The Balaban J connectivity index is 2.29. The molecule has 3 rings (SSSR count). The highest BCUT2D eigenvalue weighted by Crippen LogP contribution is 2.46. The zero-order chi connectivity index (χ0) is 8.72. The molecule has 2 bridgehead atoms. The SMILES string of the molecule is CC1CC2C=CC1C(C=O)C2C. The number of carbonyl (C=O) groups is 1. The van der Waals surface area contributed by atoms with E-state index in [0.717, 1.165) is 0 Å². The molecule has 1 nitrogen and oxygen atoms in total. The molecule has 1 fully saturated rings. The van der Waals surface area contributed by atoms with E-state index in [0.29, 0.717) is 29.6 Å². The second-order valence-electron chi connectivity index (χ2n) is 4.41. The van der Waals surface area contributed by atoms with Crippen molar-refractivity contribution in [2.24, 2.45) is 29.6 Å². The third-order valence-electron chi connectivity index (χ3n) is 3.77. The lowest BCUT2D eigenvalue weighted by atomic mass is 9.59. The smallest absolute Gasteiger partial charge is 0.123 e. The monoisotopic (exact) mass is 164 g/mol. The summed E-state index contributed by atoms with van der Waals surface area (Å²) >= 11 is 0. The largest absolute Gasteiger partial charge is 0.303 e. The predicted molar refractivity (Wildman–Crippen MR) is 48.6 cm³/mol. The number of fused-ring (bicyclic) bond motifs is 2. The Hall–Kier alpha value is -0.590. The first-order valence-electron chi connectivity index (χ1n) is 4.87. The van der Waals surface area contributed by atoms with E-state index in [-0.39, 0.29) is 0 Å². The van der Waals surface area contributed by atoms with Gasteiger partial charge in [0.2, 0.25) is 0 Å². The van der Waals surface area contributed by atoms with Crippen LogP contribution in [0.15, 0.2) is 12.2 Å². The molecule has 0 aliphatic heterocycles. The van der Waals surface area contributed by atoms with Crippen LogP contribution in [0.25, 0.3) is 0 Å². The third-order valence-corrected chi connectivity index (χ3v) is 3.77. The molecular weight excluding hydrogens is 148 g/mol. The Morgan fingerprint density at radius 1 is 1.33 bits per heavy atom. The van der Waals surface area contributed by atoms with Crippen molar-refractivity contribution in [3.8, 4) is 0 Å². The van der Waals surface area contributed by atoms with Crippen LogP contribution in [0.4, 0.5) is 0 Å². The van der Waals surface area contributed by atoms with Gasteiger partial charge in [0.25, 0.3) is 0 Å². The van der Waals surface area contributed by atoms with E-state index in [4.69, 9.17) is 0 Å². The van der Waals surface area contributed by atoms with Gasteiger partial charge in [0.15, 0.2) is 0 Å². The Labute approximate surface area is 73.8 Å². The lowest BCUT2D eigenvalue weighted by Crippen LogP contribution is -2.40. The van der Waals surface area contributed by atoms with Crippen LogP contribution < -0.4 is 0 Å². The molecule has 0 heterocycles. The molecule has 12 heavy (non-hydrogen) atoms. The number of rotatable bonds is 1. The number of carbonyl (C=O) groups excluding carboxylic acids is 1. The minimum atomic E-state index is 0.295. The highest BCUT2D eigenvalue weighted by Gasteiger charge is 2.41. The summed E-state index contributed by atoms with van der Waals surface area (Å²) in [6.45, 7) is 4.48. The van der Waals surface area contributed by atoms with Crippen LogP contribution in [0.5, 0.6) is 0 Å². The van der Waals surface area contributed by atoms with Crippen molar-refractivity contribution in [1.29, 1.82) is 0 Å². The molecular formula is C11H16O. The van der Waals surface area contributed by atoms with Gasteiger partial charge in [-0.05, 0) is 30.1 Å². The van der Waals surface area contributed by atoms with Crippen LogP contribution in [-0.2, 0) is 4.79 Å². The van der Waals surface area contributed by atoms with E-state index in [2.05, 4.69) is 26.0 Å². The predicted octanol–water partition coefficient (Wildman–Crippen LogP) is 2.28. The Bertz CT molecular complexity index is 219. The van der Waals surface area contributed by atoms with Crippen molar-refractivity contribution in [3.05, 3.63) is 12.2 Å². The standard InChI is InChI=1S/C11H16O/c1-7-5-9-3-4-10(7)11(6-12)8(9)2/h3-4,6-11H,5H2,1-2H3. The molecule has 3 aliphatic rings. The van der Waals surface area contributed by atoms with E-state index < -0.39 is 0 Å². The van der Waals surface area contributed by atoms with E-state index in [1.54, 1.807) is 0 Å². The van der Waals surface area contributed by atoms with Crippen LogP contribution in [0.1, 0.15) is 20.3 Å². The summed E-state index contributed by atoms with van der Waals surface area (Å²) in [6, 6.07) is 0. The molecule has 0 N–H and O–H groups in total. The lowest BCUT2D eigenvalue weighted by Gasteiger charge is -2.44. The summed E-state index contributed by atoms with van der Waals surface area (Å²) in [7, 11) is 0. The van der Waals surface area contributed by atoms with Crippen LogP contribution in [0.2, 0.25) is 0 Å². The first kappa shape index (κ1) is 8.03. The van der Waals surface area contributed by atoms with Crippen LogP contribution in [0.3, 0.4) is 0 Å². The molecule has 3 aliphatic carbocycles. The molecule has 0 aromatic heterocycles. The van der Waals surface area contributed by atoms with Crippen molar-refractivity contribution < 1.29 is 4.79 Å². The molecule has 0 aromatic rings. The van der Waals surface area contributed by atoms with Crippen molar-refractivity contribution in [2.45, 2.75) is 20.3 Å². The summed E-state index contributed by atoms with van der Waals surface area (Å²) in [5.41, 5.74) is 0. The normalized spacial score (nSPS) is 51.0. The van der Waals surface area contributed by atoms with Gasteiger partial charge in [-0.15, -0.1) is 0 Å². The molecule has 66 valence electrons. The highest BCUT2D eigenvalue weighted by molar-refractivity contribution is 5.56. The van der Waals surface area contributed by atoms with E-state index in [1.165, 1.54) is 12.7 Å². The zero-order valence-corrected chi connectivity index (χ0v) is 7.73. The average molecular weight is 164 g/mol. The third kappa shape index (κ3) is 0.954. The Morgan fingerprint density at radius 3 is 2.58 bits per heavy atom. The zero-order valence-electron chi connectivity index (χ0n) is 7.73. The number of allylic oxidation sites excluding steroid dienone is 2. The molecule has 0 radical (unpaired) electrons. The van der Waals surface area contributed by atoms with Gasteiger partial charge in [0, 0.05) is 5.92 Å². The quantitative estimate of drug-likeness (QED) is 0.429. The van der Waals surface area contributed by atoms with Crippen LogP contribution >= 0.6 is 0 Å². The summed E-state index contributed by atoms with van der Waals surface area (Å²) in [5, 5.41) is 0. The van der Waals surface area contributed by atoms with Crippen molar-refractivity contribution in [3.63, 3.8) is 0 Å². The molecule has 5 unspecified atom stereocenters. The minimum Gasteiger partial charge on any atom is -0.303 e. The fraction of sp³-hybridized carbons (Fsp3) is 0.727. The van der Waals surface area contributed by atoms with Gasteiger partial charge < -0.3 is 4.79 Å². The molecule has 0 amide bonds. The topological polar surface area (TPSA) is 17.1 Å². The van der Waals surface area contributed by atoms with Crippen molar-refractivity contribution >= 4 is 6.29 Å². The second kappa shape index (κ2) is 2.72. The molecule has 0 spiro atoms. The highest BCUT2D eigenvalue weighted by atomic mass is 16.1. The van der Waals surface area contributed by atoms with Crippen LogP contribution in [-0.4, -0.2) is 6.29 Å². The maximum absolute atomic E-state index is 10.9. The van der Waals surface area contributed by atoms with Gasteiger partial charge in [-0.2, -0.15) is 0 Å². The first-order chi connectivity index (χ1) is 5.74. The molecule has 1 heteroatoms. The average Bonchev–Trinajstić information content (AvgIpc) is 2.07. The number of hydrogen-bond acceptors (Lipinski definition) is 1. The minimum absolute atomic E-state index is 0.295. The summed E-state index contributed by atoms with van der Waals surface area (Å²) in [6.07, 6.45) is 7.03. The van der Waals surface area contributed by atoms with Crippen molar-refractivity contribution in [1.82, 2.24) is 0 Å². The van der Waals surface area contributed by atoms with Gasteiger partial charge in [0.05, 0.1) is 0 Å². The molecule has 5 atom stereocenters. The molecule has 1 saturated carbocycles. The maximum Gasteiger partial charge on any atom is 0.123 e. The molecule has 0 aromatic carbocycles. The first-order valence-corrected chi connectivity index (χ1v) is 4.87. The summed E-state index contributed by atoms with van der Waals surface area (Å²) in [5.74, 6) is 2.78. The van der Waals surface area contributed by atoms with Gasteiger partial charge >= 0.3 is 0 Å². The number of aldehydes is 1. The summed E-state index contributed by atoms with van der Waals surface area (Å²) in [4.78, 5) is 10.9. The van der Waals surface area contributed by atoms with Crippen molar-refractivity contribution in [2.75, 3.05) is 0 Å².